The van der Waals surface area contributed by atoms with Crippen LogP contribution >= 0.6 is 0 Å². The van der Waals surface area contributed by atoms with Crippen LogP contribution < -0.4 is 0 Å². The average molecular weight is 435 g/mol. The van der Waals surface area contributed by atoms with Crippen molar-refractivity contribution in [3.63, 3.8) is 0 Å². The average Bonchev–Trinajstić information content (AvgIpc) is 2.99. The number of carboxylic acid groups (broad SMARTS) is 1. The highest BCUT2D eigenvalue weighted by Gasteiger charge is 2.65. The van der Waals surface area contributed by atoms with Crippen molar-refractivity contribution < 1.29 is 29.6 Å². The van der Waals surface area contributed by atoms with Gasteiger partial charge in [-0.1, -0.05) is 25.5 Å². The monoisotopic (exact) mass is 434 g/mol. The fourth-order valence-electron chi connectivity index (χ4n) is 7.92. The number of hydrogen-bond donors (Lipinski definition) is 3. The summed E-state index contributed by atoms with van der Waals surface area (Å²) < 4.78 is 5.61. The molecular weight excluding hydrogens is 396 g/mol. The second-order valence-electron chi connectivity index (χ2n) is 11.1. The van der Waals surface area contributed by atoms with E-state index in [1.54, 1.807) is 6.92 Å². The van der Waals surface area contributed by atoms with Gasteiger partial charge in [0, 0.05) is 11.8 Å². The molecule has 8 atom stereocenters. The van der Waals surface area contributed by atoms with E-state index < -0.39 is 23.6 Å². The first-order valence-corrected chi connectivity index (χ1v) is 12.0. The zero-order valence-corrected chi connectivity index (χ0v) is 19.1. The molecule has 0 heterocycles. The number of aliphatic carboxylic acids is 1. The number of hydrogen-bond acceptors (Lipinski definition) is 5. The largest absolute Gasteiger partial charge is 0.481 e. The Morgan fingerprint density at radius 2 is 1.84 bits per heavy atom. The van der Waals surface area contributed by atoms with E-state index in [4.69, 9.17) is 9.84 Å². The van der Waals surface area contributed by atoms with E-state index >= 15 is 0 Å². The van der Waals surface area contributed by atoms with Crippen LogP contribution in [0.25, 0.3) is 0 Å². The van der Waals surface area contributed by atoms with Gasteiger partial charge in [-0.2, -0.15) is 0 Å². The molecule has 0 aromatic heterocycles. The minimum atomic E-state index is -0.991. The molecule has 4 rings (SSSR count). The predicted molar refractivity (Wildman–Crippen MR) is 115 cm³/mol. The van der Waals surface area contributed by atoms with Crippen molar-refractivity contribution in [1.82, 2.24) is 0 Å². The van der Waals surface area contributed by atoms with Crippen molar-refractivity contribution in [3.8, 4) is 0 Å². The maximum absolute atomic E-state index is 12.0. The number of fused-ring (bicyclic) bond motifs is 5. The molecule has 6 nitrogen and oxygen atoms in total. The molecule has 0 amide bonds. The lowest BCUT2D eigenvalue weighted by molar-refractivity contribution is -0.171. The molecule has 0 spiro atoms. The van der Waals surface area contributed by atoms with Gasteiger partial charge in [0.2, 0.25) is 0 Å². The van der Waals surface area contributed by atoms with Crippen LogP contribution in [0.5, 0.6) is 0 Å². The highest BCUT2D eigenvalue weighted by Crippen LogP contribution is 2.67. The summed E-state index contributed by atoms with van der Waals surface area (Å²) >= 11 is 0. The lowest BCUT2D eigenvalue weighted by atomic mass is 9.46. The first-order valence-electron chi connectivity index (χ1n) is 12.0. The van der Waals surface area contributed by atoms with Gasteiger partial charge in [-0.3, -0.25) is 9.59 Å². The number of aliphatic hydroxyl groups is 2. The predicted octanol–water partition coefficient (Wildman–Crippen LogP) is 3.84. The van der Waals surface area contributed by atoms with Gasteiger partial charge in [0.25, 0.3) is 0 Å². The number of ether oxygens (including phenoxy) is 1. The molecule has 3 fully saturated rings. The minimum Gasteiger partial charge on any atom is -0.481 e. The highest BCUT2D eigenvalue weighted by molar-refractivity contribution is 5.76. The minimum absolute atomic E-state index is 0.0701. The van der Waals surface area contributed by atoms with E-state index in [0.29, 0.717) is 24.2 Å². The molecule has 0 bridgehead atoms. The maximum atomic E-state index is 12.0. The van der Waals surface area contributed by atoms with E-state index in [9.17, 15) is 19.8 Å². The number of allylic oxidation sites excluding steroid dienone is 1. The summed E-state index contributed by atoms with van der Waals surface area (Å²) in [5.41, 5.74) is 0.263. The van der Waals surface area contributed by atoms with Crippen molar-refractivity contribution in [2.24, 2.45) is 28.6 Å². The quantitative estimate of drug-likeness (QED) is 0.449. The zero-order chi connectivity index (χ0) is 22.6. The van der Waals surface area contributed by atoms with Crippen molar-refractivity contribution in [2.45, 2.75) is 103 Å². The van der Waals surface area contributed by atoms with Gasteiger partial charge < -0.3 is 20.1 Å². The summed E-state index contributed by atoms with van der Waals surface area (Å²) in [4.78, 5) is 22.7. The molecule has 0 aromatic rings. The molecule has 8 unspecified atom stereocenters. The molecule has 174 valence electrons. The summed E-state index contributed by atoms with van der Waals surface area (Å²) in [7, 11) is 0. The van der Waals surface area contributed by atoms with Crippen LogP contribution in [0.3, 0.4) is 0 Å². The van der Waals surface area contributed by atoms with Crippen molar-refractivity contribution in [3.05, 3.63) is 11.6 Å². The van der Waals surface area contributed by atoms with E-state index in [2.05, 4.69) is 19.9 Å². The molecular formula is C25H38O6. The van der Waals surface area contributed by atoms with E-state index in [0.717, 1.165) is 44.9 Å². The summed E-state index contributed by atoms with van der Waals surface area (Å²) in [6.45, 7) is 6.30. The standard InChI is InChI=1S/C25H38O6/c1-15(26)25(30)13-10-20-18-5-4-16-14-17(31-22(29)7-6-21(27)28)8-11-23(16,2)19(18)9-12-24(20,25)3/h4,15,17-20,26,30H,5-14H2,1-3H3,(H,27,28). The molecule has 6 heteroatoms. The molecule has 31 heavy (non-hydrogen) atoms. The second kappa shape index (κ2) is 7.87. The van der Waals surface area contributed by atoms with Gasteiger partial charge in [0.1, 0.15) is 6.10 Å². The lowest BCUT2D eigenvalue weighted by Gasteiger charge is -2.59. The van der Waals surface area contributed by atoms with Crippen LogP contribution in [0, 0.1) is 28.6 Å². The van der Waals surface area contributed by atoms with Gasteiger partial charge in [-0.15, -0.1) is 0 Å². The number of carbonyl (C=O) groups excluding carboxylic acids is 1. The van der Waals surface area contributed by atoms with Crippen molar-refractivity contribution >= 4 is 11.9 Å². The Morgan fingerprint density at radius 3 is 2.52 bits per heavy atom. The lowest BCUT2D eigenvalue weighted by Crippen LogP contribution is -2.58. The van der Waals surface area contributed by atoms with Crippen LogP contribution in [0.1, 0.15) is 85.0 Å². The molecule has 0 aliphatic heterocycles. The molecule has 4 aliphatic carbocycles. The first-order chi connectivity index (χ1) is 14.5. The number of carbonyl (C=O) groups is 2. The number of esters is 1. The van der Waals surface area contributed by atoms with Crippen LogP contribution in [0.4, 0.5) is 0 Å². The summed E-state index contributed by atoms with van der Waals surface area (Å²) in [6.07, 6.45) is 8.42. The molecule has 3 N–H and O–H groups in total. The van der Waals surface area contributed by atoms with Crippen LogP contribution in [-0.4, -0.2) is 45.1 Å². The Kier molecular flexibility index (Phi) is 5.79. The van der Waals surface area contributed by atoms with Crippen molar-refractivity contribution in [2.75, 3.05) is 0 Å². The van der Waals surface area contributed by atoms with Gasteiger partial charge in [-0.05, 0) is 75.0 Å². The van der Waals surface area contributed by atoms with Crippen molar-refractivity contribution in [1.29, 1.82) is 0 Å². The third kappa shape index (κ3) is 3.54. The highest BCUT2D eigenvalue weighted by atomic mass is 16.5. The summed E-state index contributed by atoms with van der Waals surface area (Å²) in [6, 6.07) is 0. The Bertz CT molecular complexity index is 774. The third-order valence-electron chi connectivity index (χ3n) is 9.81. The van der Waals surface area contributed by atoms with Crippen LogP contribution in [-0.2, 0) is 14.3 Å². The molecule has 0 saturated heterocycles. The smallest absolute Gasteiger partial charge is 0.306 e. The van der Waals surface area contributed by atoms with Crippen LogP contribution in [0.2, 0.25) is 0 Å². The first kappa shape index (κ1) is 22.8. The van der Waals surface area contributed by atoms with E-state index in [-0.39, 0.29) is 29.8 Å². The summed E-state index contributed by atoms with van der Waals surface area (Å²) in [5.74, 6) is 0.113. The number of carboxylic acids is 1. The SMILES string of the molecule is CC(O)C1(O)CCC2C3CC=C4CC(OC(=O)CCC(=O)O)CCC4(C)C3CCC21C. The Hall–Kier alpha value is -1.40. The Labute approximate surface area is 185 Å². The molecule has 0 radical (unpaired) electrons. The van der Waals surface area contributed by atoms with Gasteiger partial charge in [0.15, 0.2) is 0 Å². The fraction of sp³-hybridized carbons (Fsp3) is 0.840. The van der Waals surface area contributed by atoms with Crippen LogP contribution in [0.15, 0.2) is 11.6 Å². The Balaban J connectivity index is 1.48. The van der Waals surface area contributed by atoms with E-state index in [1.807, 2.05) is 0 Å². The number of aliphatic hydroxyl groups excluding tert-OH is 1. The number of rotatable bonds is 5. The topological polar surface area (TPSA) is 104 Å². The normalized spacial score (nSPS) is 45.0. The van der Waals surface area contributed by atoms with Gasteiger partial charge >= 0.3 is 11.9 Å². The molecule has 3 saturated carbocycles. The molecule has 0 aromatic carbocycles. The Morgan fingerprint density at radius 1 is 1.13 bits per heavy atom. The maximum Gasteiger partial charge on any atom is 0.306 e. The zero-order valence-electron chi connectivity index (χ0n) is 19.1. The van der Waals surface area contributed by atoms with Gasteiger partial charge in [-0.25, -0.2) is 0 Å². The third-order valence-corrected chi connectivity index (χ3v) is 9.81. The van der Waals surface area contributed by atoms with Gasteiger partial charge in [0.05, 0.1) is 24.5 Å². The fourth-order valence-corrected chi connectivity index (χ4v) is 7.92. The summed E-state index contributed by atoms with van der Waals surface area (Å²) in [5, 5.41) is 30.5. The second-order valence-corrected chi connectivity index (χ2v) is 11.1. The van der Waals surface area contributed by atoms with E-state index in [1.165, 1.54) is 5.57 Å². The molecule has 4 aliphatic rings.